The standard InChI is InChI=1S/C11H7N3O5S/c15-9(10-13-8(5-20-10)11(16)17)12-6-2-1-3-7(4-6)14(18)19/h1-5H,(H,12,15)(H,16,17). The van der Waals surface area contributed by atoms with E-state index in [1.54, 1.807) is 0 Å². The molecule has 0 aliphatic carbocycles. The molecule has 8 nitrogen and oxygen atoms in total. The Morgan fingerprint density at radius 3 is 2.75 bits per heavy atom. The van der Waals surface area contributed by atoms with Crippen LogP contribution in [0.15, 0.2) is 29.6 Å². The van der Waals surface area contributed by atoms with Crippen LogP contribution in [0.25, 0.3) is 0 Å². The molecule has 1 aromatic carbocycles. The molecule has 1 amide bonds. The fraction of sp³-hybridized carbons (Fsp3) is 0. The lowest BCUT2D eigenvalue weighted by Crippen LogP contribution is -2.12. The second-order valence-corrected chi connectivity index (χ2v) is 4.46. The van der Waals surface area contributed by atoms with Gasteiger partial charge in [0.25, 0.3) is 11.6 Å². The maximum absolute atomic E-state index is 11.8. The second-order valence-electron chi connectivity index (χ2n) is 3.60. The summed E-state index contributed by atoms with van der Waals surface area (Å²) in [6.45, 7) is 0. The average Bonchev–Trinajstić information content (AvgIpc) is 2.88. The Labute approximate surface area is 115 Å². The molecule has 20 heavy (non-hydrogen) atoms. The van der Waals surface area contributed by atoms with Gasteiger partial charge in [0.1, 0.15) is 0 Å². The number of rotatable bonds is 4. The van der Waals surface area contributed by atoms with Crippen molar-refractivity contribution in [2.75, 3.05) is 5.32 Å². The minimum atomic E-state index is -1.23. The van der Waals surface area contributed by atoms with Gasteiger partial charge in [-0.2, -0.15) is 0 Å². The smallest absolute Gasteiger partial charge is 0.355 e. The molecule has 0 radical (unpaired) electrons. The molecule has 2 N–H and O–H groups in total. The Balaban J connectivity index is 2.16. The molecule has 0 bridgehead atoms. The van der Waals surface area contributed by atoms with E-state index in [1.165, 1.54) is 29.6 Å². The monoisotopic (exact) mass is 293 g/mol. The average molecular weight is 293 g/mol. The summed E-state index contributed by atoms with van der Waals surface area (Å²) in [5.74, 6) is -1.85. The number of nitro benzene ring substituents is 1. The number of nitro groups is 1. The molecular weight excluding hydrogens is 286 g/mol. The number of carboxylic acid groups (broad SMARTS) is 1. The van der Waals surface area contributed by atoms with Crippen LogP contribution in [0.5, 0.6) is 0 Å². The van der Waals surface area contributed by atoms with Crippen LogP contribution in [0.4, 0.5) is 11.4 Å². The number of carbonyl (C=O) groups is 2. The zero-order valence-electron chi connectivity index (χ0n) is 9.77. The van der Waals surface area contributed by atoms with E-state index >= 15 is 0 Å². The SMILES string of the molecule is O=C(O)c1csc(C(=O)Nc2cccc([N+](=O)[O-])c2)n1. The molecule has 0 aliphatic heterocycles. The minimum absolute atomic E-state index is 0.0334. The van der Waals surface area contributed by atoms with Crippen molar-refractivity contribution in [3.63, 3.8) is 0 Å². The molecule has 2 rings (SSSR count). The fourth-order valence-electron chi connectivity index (χ4n) is 1.36. The number of nitrogens with zero attached hydrogens (tertiary/aromatic N) is 2. The highest BCUT2D eigenvalue weighted by atomic mass is 32.1. The number of carbonyl (C=O) groups excluding carboxylic acids is 1. The van der Waals surface area contributed by atoms with Crippen molar-refractivity contribution in [3.05, 3.63) is 50.5 Å². The molecular formula is C11H7N3O5S. The van der Waals surface area contributed by atoms with Crippen molar-refractivity contribution in [1.29, 1.82) is 0 Å². The number of carboxylic acids is 1. The summed E-state index contributed by atoms with van der Waals surface area (Å²) in [5.41, 5.74) is -0.149. The van der Waals surface area contributed by atoms with Gasteiger partial charge in [-0.1, -0.05) is 6.07 Å². The summed E-state index contributed by atoms with van der Waals surface area (Å²) < 4.78 is 0. The molecule has 1 heterocycles. The van der Waals surface area contributed by atoms with E-state index in [-0.39, 0.29) is 22.1 Å². The van der Waals surface area contributed by atoms with Crippen LogP contribution >= 0.6 is 11.3 Å². The van der Waals surface area contributed by atoms with Gasteiger partial charge in [0.05, 0.1) is 4.92 Å². The normalized spacial score (nSPS) is 10.0. The topological polar surface area (TPSA) is 122 Å². The molecule has 9 heteroatoms. The third kappa shape index (κ3) is 2.95. The minimum Gasteiger partial charge on any atom is -0.476 e. The number of thiazole rings is 1. The predicted octanol–water partition coefficient (Wildman–Crippen LogP) is 2.00. The fourth-order valence-corrected chi connectivity index (χ4v) is 2.04. The van der Waals surface area contributed by atoms with E-state index in [9.17, 15) is 19.7 Å². The van der Waals surface area contributed by atoms with Gasteiger partial charge >= 0.3 is 5.97 Å². The van der Waals surface area contributed by atoms with Crippen LogP contribution in [0.1, 0.15) is 20.3 Å². The van der Waals surface area contributed by atoms with Crippen LogP contribution in [0, 0.1) is 10.1 Å². The van der Waals surface area contributed by atoms with Crippen LogP contribution in [-0.4, -0.2) is 26.9 Å². The summed E-state index contributed by atoms with van der Waals surface area (Å²) >= 11 is 0.878. The lowest BCUT2D eigenvalue weighted by molar-refractivity contribution is -0.384. The van der Waals surface area contributed by atoms with Crippen LogP contribution in [0.2, 0.25) is 0 Å². The Morgan fingerprint density at radius 1 is 1.40 bits per heavy atom. The first-order chi connectivity index (χ1) is 9.47. The maximum atomic E-state index is 11.8. The summed E-state index contributed by atoms with van der Waals surface area (Å²) in [4.78, 5) is 36.1. The number of aromatic carboxylic acids is 1. The van der Waals surface area contributed by atoms with Crippen molar-refractivity contribution >= 4 is 34.6 Å². The van der Waals surface area contributed by atoms with E-state index in [2.05, 4.69) is 10.3 Å². The number of aromatic nitrogens is 1. The summed E-state index contributed by atoms with van der Waals surface area (Å²) in [6, 6.07) is 5.40. The van der Waals surface area contributed by atoms with E-state index < -0.39 is 16.8 Å². The zero-order valence-corrected chi connectivity index (χ0v) is 10.6. The molecule has 0 aliphatic rings. The highest BCUT2D eigenvalue weighted by Crippen LogP contribution is 2.18. The van der Waals surface area contributed by atoms with Gasteiger partial charge in [-0.3, -0.25) is 14.9 Å². The Bertz CT molecular complexity index is 697. The number of amides is 1. The van der Waals surface area contributed by atoms with Gasteiger partial charge in [0.2, 0.25) is 0 Å². The first kappa shape index (κ1) is 13.6. The number of anilines is 1. The Morgan fingerprint density at radius 2 is 2.15 bits per heavy atom. The maximum Gasteiger partial charge on any atom is 0.355 e. The predicted molar refractivity (Wildman–Crippen MR) is 70.1 cm³/mol. The van der Waals surface area contributed by atoms with Gasteiger partial charge in [-0.25, -0.2) is 9.78 Å². The molecule has 2 aromatic rings. The number of hydrogen-bond acceptors (Lipinski definition) is 6. The second kappa shape index (κ2) is 5.45. The van der Waals surface area contributed by atoms with Gasteiger partial charge in [0.15, 0.2) is 10.7 Å². The number of nitrogens with one attached hydrogen (secondary N) is 1. The van der Waals surface area contributed by atoms with Crippen molar-refractivity contribution in [2.24, 2.45) is 0 Å². The number of non-ortho nitro benzene ring substituents is 1. The van der Waals surface area contributed by atoms with Crippen molar-refractivity contribution < 1.29 is 19.6 Å². The first-order valence-corrected chi connectivity index (χ1v) is 6.10. The highest BCUT2D eigenvalue weighted by molar-refractivity contribution is 7.12. The molecule has 0 saturated carbocycles. The lowest BCUT2D eigenvalue weighted by Gasteiger charge is -2.02. The molecule has 0 spiro atoms. The largest absolute Gasteiger partial charge is 0.476 e. The molecule has 0 atom stereocenters. The first-order valence-electron chi connectivity index (χ1n) is 5.22. The molecule has 0 unspecified atom stereocenters. The van der Waals surface area contributed by atoms with E-state index in [0.29, 0.717) is 0 Å². The highest BCUT2D eigenvalue weighted by Gasteiger charge is 2.15. The van der Waals surface area contributed by atoms with E-state index in [4.69, 9.17) is 5.11 Å². The van der Waals surface area contributed by atoms with Gasteiger partial charge in [-0.05, 0) is 6.07 Å². The van der Waals surface area contributed by atoms with Crippen molar-refractivity contribution in [1.82, 2.24) is 4.98 Å². The van der Waals surface area contributed by atoms with Gasteiger partial charge in [0, 0.05) is 23.2 Å². The molecule has 0 saturated heterocycles. The van der Waals surface area contributed by atoms with Crippen molar-refractivity contribution in [2.45, 2.75) is 0 Å². The summed E-state index contributed by atoms with van der Waals surface area (Å²) in [7, 11) is 0. The van der Waals surface area contributed by atoms with E-state index in [1.807, 2.05) is 0 Å². The quantitative estimate of drug-likeness (QED) is 0.656. The molecule has 102 valence electrons. The Kier molecular flexibility index (Phi) is 3.71. The Hall–Kier alpha value is -2.81. The van der Waals surface area contributed by atoms with Crippen molar-refractivity contribution in [3.8, 4) is 0 Å². The number of benzene rings is 1. The van der Waals surface area contributed by atoms with Crippen LogP contribution in [0.3, 0.4) is 0 Å². The summed E-state index contributed by atoms with van der Waals surface area (Å²) in [5, 5.41) is 22.9. The third-order valence-electron chi connectivity index (χ3n) is 2.23. The zero-order chi connectivity index (χ0) is 14.7. The molecule has 1 aromatic heterocycles. The summed E-state index contributed by atoms with van der Waals surface area (Å²) in [6.07, 6.45) is 0. The third-order valence-corrected chi connectivity index (χ3v) is 3.07. The number of hydrogen-bond donors (Lipinski definition) is 2. The lowest BCUT2D eigenvalue weighted by atomic mass is 10.3. The van der Waals surface area contributed by atoms with Gasteiger partial charge < -0.3 is 10.4 Å². The van der Waals surface area contributed by atoms with Crippen LogP contribution in [-0.2, 0) is 0 Å². The van der Waals surface area contributed by atoms with Crippen LogP contribution < -0.4 is 5.32 Å². The van der Waals surface area contributed by atoms with E-state index in [0.717, 1.165) is 11.3 Å². The molecule has 0 fully saturated rings. The van der Waals surface area contributed by atoms with Gasteiger partial charge in [-0.15, -0.1) is 11.3 Å².